The molecule has 1 amide bonds. The molecule has 1 rings (SSSR count). The van der Waals surface area contributed by atoms with Crippen molar-refractivity contribution in [2.24, 2.45) is 0 Å². The lowest BCUT2D eigenvalue weighted by molar-refractivity contribution is 0.0952. The van der Waals surface area contributed by atoms with E-state index in [0.717, 1.165) is 6.42 Å². The molecule has 0 aliphatic carbocycles. The Morgan fingerprint density at radius 2 is 2.11 bits per heavy atom. The van der Waals surface area contributed by atoms with E-state index in [4.69, 9.17) is 16.3 Å². The van der Waals surface area contributed by atoms with Gasteiger partial charge in [-0.2, -0.15) is 0 Å². The van der Waals surface area contributed by atoms with Gasteiger partial charge in [-0.1, -0.05) is 6.07 Å². The summed E-state index contributed by atoms with van der Waals surface area (Å²) >= 11 is 5.82. The number of benzene rings is 1. The van der Waals surface area contributed by atoms with E-state index in [9.17, 15) is 4.79 Å². The highest BCUT2D eigenvalue weighted by Crippen LogP contribution is 2.14. The summed E-state index contributed by atoms with van der Waals surface area (Å²) in [5, 5.41) is 2.90. The summed E-state index contributed by atoms with van der Waals surface area (Å²) < 4.78 is 5.55. The molecule has 0 saturated heterocycles. The lowest BCUT2D eigenvalue weighted by Gasteiger charge is -2.11. The van der Waals surface area contributed by atoms with Gasteiger partial charge in [-0.05, 0) is 45.4 Å². The minimum atomic E-state index is -0.0958. The largest absolute Gasteiger partial charge is 0.491 e. The maximum Gasteiger partial charge on any atom is 0.251 e. The molecule has 0 aromatic heterocycles. The summed E-state index contributed by atoms with van der Waals surface area (Å²) in [5.41, 5.74) is 0.607. The summed E-state index contributed by atoms with van der Waals surface area (Å²) in [4.78, 5) is 11.9. The molecule has 1 atom stereocenters. The van der Waals surface area contributed by atoms with Crippen LogP contribution >= 0.6 is 11.6 Å². The SMILES string of the molecule is CC(Cl)CCNC(=O)c1cccc(OC(C)C)c1. The molecule has 0 aliphatic rings. The number of amides is 1. The Morgan fingerprint density at radius 3 is 2.72 bits per heavy atom. The van der Waals surface area contributed by atoms with Crippen LogP contribution in [0.4, 0.5) is 0 Å². The van der Waals surface area contributed by atoms with Crippen LogP contribution in [0.3, 0.4) is 0 Å². The smallest absolute Gasteiger partial charge is 0.251 e. The van der Waals surface area contributed by atoms with Crippen LogP contribution < -0.4 is 10.1 Å². The van der Waals surface area contributed by atoms with E-state index in [1.54, 1.807) is 12.1 Å². The van der Waals surface area contributed by atoms with Crippen molar-refractivity contribution in [3.63, 3.8) is 0 Å². The van der Waals surface area contributed by atoms with Gasteiger partial charge in [-0.15, -0.1) is 11.6 Å². The number of nitrogens with one attached hydrogen (secondary N) is 1. The maximum absolute atomic E-state index is 11.9. The Labute approximate surface area is 113 Å². The number of hydrogen-bond donors (Lipinski definition) is 1. The van der Waals surface area contributed by atoms with Gasteiger partial charge >= 0.3 is 0 Å². The van der Waals surface area contributed by atoms with E-state index in [1.165, 1.54) is 0 Å². The van der Waals surface area contributed by atoms with Crippen LogP contribution in [0, 0.1) is 0 Å². The first kappa shape index (κ1) is 14.8. The van der Waals surface area contributed by atoms with Crippen molar-refractivity contribution in [3.05, 3.63) is 29.8 Å². The molecule has 3 nitrogen and oxygen atoms in total. The van der Waals surface area contributed by atoms with Gasteiger partial charge in [0.05, 0.1) is 6.10 Å². The molecule has 18 heavy (non-hydrogen) atoms. The number of rotatable bonds is 6. The second-order valence-electron chi connectivity index (χ2n) is 4.52. The Balaban J connectivity index is 2.57. The number of alkyl halides is 1. The summed E-state index contributed by atoms with van der Waals surface area (Å²) in [7, 11) is 0. The third kappa shape index (κ3) is 5.41. The van der Waals surface area contributed by atoms with Gasteiger partial charge < -0.3 is 10.1 Å². The van der Waals surface area contributed by atoms with Crippen LogP contribution in [0.25, 0.3) is 0 Å². The molecule has 0 aliphatic heterocycles. The first-order valence-corrected chi connectivity index (χ1v) is 6.61. The predicted octanol–water partition coefficient (Wildman–Crippen LogP) is 3.22. The highest BCUT2D eigenvalue weighted by Gasteiger charge is 2.07. The fraction of sp³-hybridized carbons (Fsp3) is 0.500. The molecular formula is C14H20ClNO2. The first-order valence-electron chi connectivity index (χ1n) is 6.18. The van der Waals surface area contributed by atoms with Crippen LogP contribution in [0.5, 0.6) is 5.75 Å². The zero-order valence-corrected chi connectivity index (χ0v) is 11.8. The van der Waals surface area contributed by atoms with Crippen molar-refractivity contribution in [2.75, 3.05) is 6.54 Å². The molecule has 1 aromatic rings. The Hall–Kier alpha value is -1.22. The average molecular weight is 270 g/mol. The minimum absolute atomic E-state index is 0.0703. The van der Waals surface area contributed by atoms with Gasteiger partial charge in [0.1, 0.15) is 5.75 Å². The Morgan fingerprint density at radius 1 is 1.39 bits per heavy atom. The van der Waals surface area contributed by atoms with Gasteiger partial charge in [0, 0.05) is 17.5 Å². The van der Waals surface area contributed by atoms with Crippen LogP contribution in [0.15, 0.2) is 24.3 Å². The van der Waals surface area contributed by atoms with Gasteiger partial charge in [-0.3, -0.25) is 4.79 Å². The van der Waals surface area contributed by atoms with Gasteiger partial charge in [-0.25, -0.2) is 0 Å². The predicted molar refractivity (Wildman–Crippen MR) is 74.5 cm³/mol. The Bertz CT molecular complexity index is 391. The molecule has 4 heteroatoms. The zero-order chi connectivity index (χ0) is 13.5. The van der Waals surface area contributed by atoms with E-state index in [1.807, 2.05) is 32.9 Å². The molecule has 0 heterocycles. The fourth-order valence-corrected chi connectivity index (χ4v) is 1.58. The van der Waals surface area contributed by atoms with Gasteiger partial charge in [0.15, 0.2) is 0 Å². The molecule has 0 fully saturated rings. The second-order valence-corrected chi connectivity index (χ2v) is 5.26. The number of carbonyl (C=O) groups excluding carboxylic acids is 1. The summed E-state index contributed by atoms with van der Waals surface area (Å²) in [6, 6.07) is 7.18. The molecule has 0 radical (unpaired) electrons. The third-order valence-corrected chi connectivity index (χ3v) is 2.51. The fourth-order valence-electron chi connectivity index (χ4n) is 1.47. The molecule has 0 bridgehead atoms. The van der Waals surface area contributed by atoms with Crippen molar-refractivity contribution in [1.29, 1.82) is 0 Å². The monoisotopic (exact) mass is 269 g/mol. The number of hydrogen-bond acceptors (Lipinski definition) is 2. The quantitative estimate of drug-likeness (QED) is 0.806. The molecule has 0 spiro atoms. The van der Waals surface area contributed by atoms with Crippen LogP contribution in [0.1, 0.15) is 37.6 Å². The molecular weight excluding hydrogens is 250 g/mol. The van der Waals surface area contributed by atoms with E-state index in [0.29, 0.717) is 17.9 Å². The summed E-state index contributed by atoms with van der Waals surface area (Å²) in [6.07, 6.45) is 0.857. The number of ether oxygens (including phenoxy) is 1. The first-order chi connectivity index (χ1) is 8.49. The van der Waals surface area contributed by atoms with Crippen molar-refractivity contribution < 1.29 is 9.53 Å². The lowest BCUT2D eigenvalue weighted by atomic mass is 10.2. The minimum Gasteiger partial charge on any atom is -0.491 e. The highest BCUT2D eigenvalue weighted by molar-refractivity contribution is 6.20. The molecule has 100 valence electrons. The highest BCUT2D eigenvalue weighted by atomic mass is 35.5. The van der Waals surface area contributed by atoms with Crippen LogP contribution in [0.2, 0.25) is 0 Å². The van der Waals surface area contributed by atoms with Gasteiger partial charge in [0.25, 0.3) is 5.91 Å². The maximum atomic E-state index is 11.9. The second kappa shape index (κ2) is 7.27. The third-order valence-electron chi connectivity index (χ3n) is 2.30. The van der Waals surface area contributed by atoms with Crippen molar-refractivity contribution in [2.45, 2.75) is 38.7 Å². The average Bonchev–Trinajstić information content (AvgIpc) is 2.27. The zero-order valence-electron chi connectivity index (χ0n) is 11.1. The van der Waals surface area contributed by atoms with E-state index >= 15 is 0 Å². The number of carbonyl (C=O) groups is 1. The van der Waals surface area contributed by atoms with E-state index in [2.05, 4.69) is 5.32 Å². The molecule has 0 saturated carbocycles. The summed E-state index contributed by atoms with van der Waals surface area (Å²) in [6.45, 7) is 6.40. The lowest BCUT2D eigenvalue weighted by Crippen LogP contribution is -2.25. The summed E-state index contributed by atoms with van der Waals surface area (Å²) in [5.74, 6) is 0.616. The topological polar surface area (TPSA) is 38.3 Å². The van der Waals surface area contributed by atoms with E-state index < -0.39 is 0 Å². The van der Waals surface area contributed by atoms with Crippen molar-refractivity contribution in [1.82, 2.24) is 5.32 Å². The standard InChI is InChI=1S/C14H20ClNO2/c1-10(2)18-13-6-4-5-12(9-13)14(17)16-8-7-11(3)15/h4-6,9-11H,7-8H2,1-3H3,(H,16,17). The van der Waals surface area contributed by atoms with Crippen LogP contribution in [-0.4, -0.2) is 23.9 Å². The normalized spacial score (nSPS) is 12.3. The Kier molecular flexibility index (Phi) is 5.99. The molecule has 1 aromatic carbocycles. The number of halogens is 1. The molecule has 1 N–H and O–H groups in total. The van der Waals surface area contributed by atoms with Crippen molar-refractivity contribution >= 4 is 17.5 Å². The van der Waals surface area contributed by atoms with Gasteiger partial charge in [0.2, 0.25) is 0 Å². The van der Waals surface area contributed by atoms with E-state index in [-0.39, 0.29) is 17.4 Å². The van der Waals surface area contributed by atoms with Crippen molar-refractivity contribution in [3.8, 4) is 5.75 Å². The van der Waals surface area contributed by atoms with Crippen LogP contribution in [-0.2, 0) is 0 Å². The molecule has 1 unspecified atom stereocenters.